The summed E-state index contributed by atoms with van der Waals surface area (Å²) in [6.07, 6.45) is 3.87. The zero-order chi connectivity index (χ0) is 11.1. The van der Waals surface area contributed by atoms with Crippen molar-refractivity contribution < 1.29 is 0 Å². The van der Waals surface area contributed by atoms with Crippen LogP contribution in [-0.4, -0.2) is 9.97 Å². The SMILES string of the molecule is Cc1ccc2nc(Br)nc(C3CCC3)c2c1. The van der Waals surface area contributed by atoms with Gasteiger partial charge in [-0.25, -0.2) is 9.97 Å². The topological polar surface area (TPSA) is 25.8 Å². The van der Waals surface area contributed by atoms with Crippen molar-refractivity contribution in [1.29, 1.82) is 0 Å². The van der Waals surface area contributed by atoms with Crippen molar-refractivity contribution in [3.63, 3.8) is 0 Å². The van der Waals surface area contributed by atoms with Crippen molar-refractivity contribution in [3.8, 4) is 0 Å². The fourth-order valence-corrected chi connectivity index (χ4v) is 2.61. The van der Waals surface area contributed by atoms with Gasteiger partial charge in [0, 0.05) is 11.3 Å². The second kappa shape index (κ2) is 3.81. The number of benzene rings is 1. The first-order valence-corrected chi connectivity index (χ1v) is 6.47. The van der Waals surface area contributed by atoms with E-state index in [1.54, 1.807) is 0 Å². The van der Waals surface area contributed by atoms with Crippen LogP contribution in [0.3, 0.4) is 0 Å². The number of fused-ring (bicyclic) bond motifs is 1. The summed E-state index contributed by atoms with van der Waals surface area (Å²) in [7, 11) is 0. The van der Waals surface area contributed by atoms with Gasteiger partial charge in [-0.05, 0) is 47.8 Å². The fourth-order valence-electron chi connectivity index (χ4n) is 2.23. The number of aromatic nitrogens is 2. The third-order valence-corrected chi connectivity index (χ3v) is 3.70. The van der Waals surface area contributed by atoms with Crippen molar-refractivity contribution in [2.45, 2.75) is 32.1 Å². The standard InChI is InChI=1S/C13H13BrN2/c1-8-5-6-11-10(7-8)12(9-3-2-4-9)16-13(14)15-11/h5-7,9H,2-4H2,1H3. The van der Waals surface area contributed by atoms with E-state index in [-0.39, 0.29) is 0 Å². The van der Waals surface area contributed by atoms with Gasteiger partial charge in [-0.1, -0.05) is 18.1 Å². The molecule has 3 heteroatoms. The van der Waals surface area contributed by atoms with Crippen molar-refractivity contribution in [2.75, 3.05) is 0 Å². The molecule has 1 saturated carbocycles. The summed E-state index contributed by atoms with van der Waals surface area (Å²) < 4.78 is 0.714. The zero-order valence-corrected chi connectivity index (χ0v) is 10.8. The van der Waals surface area contributed by atoms with Gasteiger partial charge in [0.05, 0.1) is 11.2 Å². The van der Waals surface area contributed by atoms with Gasteiger partial charge < -0.3 is 0 Å². The minimum atomic E-state index is 0.642. The fraction of sp³-hybridized carbons (Fsp3) is 0.385. The summed E-state index contributed by atoms with van der Waals surface area (Å²) in [6, 6.07) is 6.39. The quantitative estimate of drug-likeness (QED) is 0.737. The van der Waals surface area contributed by atoms with E-state index in [1.165, 1.54) is 35.9 Å². The summed E-state index contributed by atoms with van der Waals surface area (Å²) in [4.78, 5) is 8.99. The maximum Gasteiger partial charge on any atom is 0.197 e. The first-order chi connectivity index (χ1) is 7.74. The molecule has 1 fully saturated rings. The minimum Gasteiger partial charge on any atom is -0.226 e. The largest absolute Gasteiger partial charge is 0.226 e. The molecular formula is C13H13BrN2. The molecule has 0 spiro atoms. The third kappa shape index (κ3) is 1.63. The average Bonchev–Trinajstić information content (AvgIpc) is 2.16. The Hall–Kier alpha value is -0.960. The molecule has 0 N–H and O–H groups in total. The lowest BCUT2D eigenvalue weighted by molar-refractivity contribution is 0.413. The van der Waals surface area contributed by atoms with Crippen LogP contribution in [0.2, 0.25) is 0 Å². The third-order valence-electron chi connectivity index (χ3n) is 3.35. The molecule has 0 radical (unpaired) electrons. The molecule has 16 heavy (non-hydrogen) atoms. The zero-order valence-electron chi connectivity index (χ0n) is 9.20. The van der Waals surface area contributed by atoms with E-state index < -0.39 is 0 Å². The van der Waals surface area contributed by atoms with E-state index in [1.807, 2.05) is 0 Å². The Bertz CT molecular complexity index is 547. The summed E-state index contributed by atoms with van der Waals surface area (Å²) in [5.74, 6) is 0.642. The molecule has 0 amide bonds. The number of hydrogen-bond donors (Lipinski definition) is 0. The predicted molar refractivity (Wildman–Crippen MR) is 68.6 cm³/mol. The Labute approximate surface area is 103 Å². The molecule has 82 valence electrons. The highest BCUT2D eigenvalue weighted by Gasteiger charge is 2.23. The van der Waals surface area contributed by atoms with Gasteiger partial charge in [0.15, 0.2) is 4.73 Å². The summed E-state index contributed by atoms with van der Waals surface area (Å²) in [5, 5.41) is 1.23. The van der Waals surface area contributed by atoms with Crippen LogP contribution < -0.4 is 0 Å². The number of halogens is 1. The monoisotopic (exact) mass is 276 g/mol. The van der Waals surface area contributed by atoms with E-state index in [9.17, 15) is 0 Å². The smallest absolute Gasteiger partial charge is 0.197 e. The normalized spacial score (nSPS) is 16.4. The van der Waals surface area contributed by atoms with Gasteiger partial charge in [0.1, 0.15) is 0 Å². The van der Waals surface area contributed by atoms with Crippen LogP contribution in [0.5, 0.6) is 0 Å². The lowest BCUT2D eigenvalue weighted by Crippen LogP contribution is -2.12. The number of rotatable bonds is 1. The Kier molecular flexibility index (Phi) is 2.43. The number of hydrogen-bond acceptors (Lipinski definition) is 2. The maximum atomic E-state index is 4.57. The molecule has 0 unspecified atom stereocenters. The number of aryl methyl sites for hydroxylation is 1. The van der Waals surface area contributed by atoms with Crippen molar-refractivity contribution in [1.82, 2.24) is 9.97 Å². The van der Waals surface area contributed by atoms with Crippen molar-refractivity contribution in [2.24, 2.45) is 0 Å². The molecule has 0 saturated heterocycles. The van der Waals surface area contributed by atoms with Crippen LogP contribution in [-0.2, 0) is 0 Å². The predicted octanol–water partition coefficient (Wildman–Crippen LogP) is 3.97. The highest BCUT2D eigenvalue weighted by atomic mass is 79.9. The molecular weight excluding hydrogens is 264 g/mol. The minimum absolute atomic E-state index is 0.642. The lowest BCUT2D eigenvalue weighted by Gasteiger charge is -2.25. The molecule has 2 aromatic rings. The van der Waals surface area contributed by atoms with Crippen LogP contribution in [0.15, 0.2) is 22.9 Å². The van der Waals surface area contributed by atoms with Crippen LogP contribution in [0.4, 0.5) is 0 Å². The van der Waals surface area contributed by atoms with E-state index in [2.05, 4.69) is 51.0 Å². The Morgan fingerprint density at radius 2 is 2.06 bits per heavy atom. The maximum absolute atomic E-state index is 4.57. The van der Waals surface area contributed by atoms with E-state index in [0.29, 0.717) is 10.7 Å². The molecule has 1 aromatic carbocycles. The second-order valence-electron chi connectivity index (χ2n) is 4.53. The first kappa shape index (κ1) is 10.2. The Morgan fingerprint density at radius 1 is 1.25 bits per heavy atom. The van der Waals surface area contributed by atoms with Crippen LogP contribution in [0, 0.1) is 6.92 Å². The summed E-state index contributed by atoms with van der Waals surface area (Å²) in [6.45, 7) is 2.12. The van der Waals surface area contributed by atoms with Gasteiger partial charge in [-0.2, -0.15) is 0 Å². The van der Waals surface area contributed by atoms with Crippen LogP contribution in [0.1, 0.15) is 36.4 Å². The van der Waals surface area contributed by atoms with E-state index >= 15 is 0 Å². The van der Waals surface area contributed by atoms with E-state index in [0.717, 1.165) is 5.52 Å². The molecule has 0 bridgehead atoms. The van der Waals surface area contributed by atoms with Crippen LogP contribution in [0.25, 0.3) is 10.9 Å². The molecule has 2 nitrogen and oxygen atoms in total. The highest BCUT2D eigenvalue weighted by molar-refractivity contribution is 9.10. The van der Waals surface area contributed by atoms with Gasteiger partial charge >= 0.3 is 0 Å². The second-order valence-corrected chi connectivity index (χ2v) is 5.24. The molecule has 3 rings (SSSR count). The molecule has 1 heterocycles. The molecule has 0 atom stereocenters. The van der Waals surface area contributed by atoms with Crippen molar-refractivity contribution >= 4 is 26.8 Å². The van der Waals surface area contributed by atoms with Crippen molar-refractivity contribution in [3.05, 3.63) is 34.2 Å². The molecule has 1 aliphatic carbocycles. The average molecular weight is 277 g/mol. The summed E-state index contributed by atoms with van der Waals surface area (Å²) >= 11 is 3.40. The lowest BCUT2D eigenvalue weighted by atomic mass is 9.81. The van der Waals surface area contributed by atoms with Gasteiger partial charge in [0.2, 0.25) is 0 Å². The van der Waals surface area contributed by atoms with E-state index in [4.69, 9.17) is 0 Å². The Balaban J connectivity index is 2.26. The highest BCUT2D eigenvalue weighted by Crippen LogP contribution is 2.38. The number of nitrogens with zero attached hydrogens (tertiary/aromatic N) is 2. The van der Waals surface area contributed by atoms with Crippen LogP contribution >= 0.6 is 15.9 Å². The van der Waals surface area contributed by atoms with Gasteiger partial charge in [-0.15, -0.1) is 0 Å². The first-order valence-electron chi connectivity index (χ1n) is 5.68. The summed E-state index contributed by atoms with van der Waals surface area (Å²) in [5.41, 5.74) is 3.56. The molecule has 1 aromatic heterocycles. The van der Waals surface area contributed by atoms with Gasteiger partial charge in [-0.3, -0.25) is 0 Å². The Morgan fingerprint density at radius 3 is 2.75 bits per heavy atom. The molecule has 1 aliphatic rings. The molecule has 0 aliphatic heterocycles. The van der Waals surface area contributed by atoms with Gasteiger partial charge in [0.25, 0.3) is 0 Å².